The molecule has 1 aromatic heterocycles. The van der Waals surface area contributed by atoms with Crippen LogP contribution in [0.15, 0.2) is 18.2 Å². The molecule has 6 nitrogen and oxygen atoms in total. The number of nitrogens with zero attached hydrogens (tertiary/aromatic N) is 1. The van der Waals surface area contributed by atoms with E-state index in [4.69, 9.17) is 25.8 Å². The van der Waals surface area contributed by atoms with Gasteiger partial charge in [-0.2, -0.15) is 0 Å². The van der Waals surface area contributed by atoms with Gasteiger partial charge in [-0.1, -0.05) is 11.6 Å². The van der Waals surface area contributed by atoms with Gasteiger partial charge in [0.2, 0.25) is 5.78 Å². The van der Waals surface area contributed by atoms with Crippen LogP contribution in [-0.2, 0) is 11.3 Å². The normalized spacial score (nSPS) is 10.6. The van der Waals surface area contributed by atoms with Gasteiger partial charge in [0.25, 0.3) is 0 Å². The Labute approximate surface area is 164 Å². The average molecular weight is 394 g/mol. The Balaban J connectivity index is 2.14. The molecule has 0 aliphatic rings. The van der Waals surface area contributed by atoms with E-state index in [1.807, 2.05) is 38.3 Å². The number of ketones is 1. The molecule has 0 spiro atoms. The second kappa shape index (κ2) is 8.95. The van der Waals surface area contributed by atoms with E-state index in [0.29, 0.717) is 23.7 Å². The van der Waals surface area contributed by atoms with E-state index in [-0.39, 0.29) is 23.0 Å². The molecule has 0 amide bonds. The molecule has 0 aliphatic heterocycles. The quantitative estimate of drug-likeness (QED) is 0.496. The van der Waals surface area contributed by atoms with Gasteiger partial charge in [-0.05, 0) is 45.9 Å². The Kier molecular flexibility index (Phi) is 6.91. The van der Waals surface area contributed by atoms with Crippen LogP contribution in [0.5, 0.6) is 11.5 Å². The van der Waals surface area contributed by atoms with E-state index < -0.39 is 5.97 Å². The Bertz CT molecular complexity index is 857. The zero-order chi connectivity index (χ0) is 20.1. The fourth-order valence-electron chi connectivity index (χ4n) is 2.98. The van der Waals surface area contributed by atoms with E-state index in [0.717, 1.165) is 17.9 Å². The Morgan fingerprint density at radius 1 is 1.15 bits per heavy atom. The number of benzene rings is 1. The van der Waals surface area contributed by atoms with Gasteiger partial charge in [-0.15, -0.1) is 0 Å². The summed E-state index contributed by atoms with van der Waals surface area (Å²) in [4.78, 5) is 24.8. The molecule has 0 saturated carbocycles. The van der Waals surface area contributed by atoms with Crippen LogP contribution in [-0.4, -0.2) is 36.6 Å². The molecule has 0 radical (unpaired) electrons. The fraction of sp³-hybridized carbons (Fsp3) is 0.400. The highest BCUT2D eigenvalue weighted by Crippen LogP contribution is 2.36. The molecule has 7 heteroatoms. The summed E-state index contributed by atoms with van der Waals surface area (Å²) in [6, 6.07) is 4.73. The second-order valence-corrected chi connectivity index (χ2v) is 6.36. The van der Waals surface area contributed by atoms with Crippen molar-refractivity contribution in [3.05, 3.63) is 45.7 Å². The number of rotatable bonds is 8. The third-order valence-electron chi connectivity index (χ3n) is 4.28. The van der Waals surface area contributed by atoms with E-state index >= 15 is 0 Å². The van der Waals surface area contributed by atoms with Crippen LogP contribution < -0.4 is 9.47 Å². The highest BCUT2D eigenvalue weighted by atomic mass is 35.5. The number of hydrogen-bond donors (Lipinski definition) is 0. The lowest BCUT2D eigenvalue weighted by Gasteiger charge is -2.13. The van der Waals surface area contributed by atoms with Crippen molar-refractivity contribution >= 4 is 23.4 Å². The van der Waals surface area contributed by atoms with Crippen LogP contribution in [0.3, 0.4) is 0 Å². The number of ether oxygens (including phenoxy) is 3. The first-order chi connectivity index (χ1) is 12.8. The van der Waals surface area contributed by atoms with E-state index in [1.165, 1.54) is 19.2 Å². The van der Waals surface area contributed by atoms with Gasteiger partial charge < -0.3 is 18.8 Å². The number of carbonyl (C=O) groups is 2. The van der Waals surface area contributed by atoms with Gasteiger partial charge in [0.05, 0.1) is 24.3 Å². The third-order valence-corrected chi connectivity index (χ3v) is 4.56. The lowest BCUT2D eigenvalue weighted by atomic mass is 10.1. The molecular weight excluding hydrogens is 370 g/mol. The summed E-state index contributed by atoms with van der Waals surface area (Å²) in [5, 5.41) is 0.237. The average Bonchev–Trinajstić information content (AvgIpc) is 2.94. The Morgan fingerprint density at radius 3 is 2.41 bits per heavy atom. The van der Waals surface area contributed by atoms with Crippen LogP contribution in [0.2, 0.25) is 5.02 Å². The summed E-state index contributed by atoms with van der Waals surface area (Å²) in [7, 11) is 1.45. The third kappa shape index (κ3) is 4.45. The second-order valence-electron chi connectivity index (χ2n) is 5.95. The van der Waals surface area contributed by atoms with Crippen molar-refractivity contribution in [2.75, 3.05) is 20.3 Å². The van der Waals surface area contributed by atoms with Gasteiger partial charge in [-0.25, -0.2) is 4.79 Å². The van der Waals surface area contributed by atoms with Gasteiger partial charge in [0, 0.05) is 23.5 Å². The Hall–Kier alpha value is -2.47. The molecule has 0 atom stereocenters. The number of methoxy groups -OCH3 is 1. The minimum Gasteiger partial charge on any atom is -0.493 e. The smallest absolute Gasteiger partial charge is 0.338 e. The highest BCUT2D eigenvalue weighted by molar-refractivity contribution is 6.32. The maximum Gasteiger partial charge on any atom is 0.338 e. The van der Waals surface area contributed by atoms with Gasteiger partial charge in [0.1, 0.15) is 0 Å². The topological polar surface area (TPSA) is 66.8 Å². The molecular formula is C20H24ClNO5. The number of halogens is 1. The van der Waals surface area contributed by atoms with Gasteiger partial charge in [0.15, 0.2) is 18.1 Å². The number of Topliss-reactive ketones (excluding diaryl/α,β-unsaturated/α-hetero) is 1. The molecule has 1 heterocycles. The zero-order valence-corrected chi connectivity index (χ0v) is 17.0. The molecule has 146 valence electrons. The maximum atomic E-state index is 12.5. The summed E-state index contributed by atoms with van der Waals surface area (Å²) in [6.07, 6.45) is 0. The number of aryl methyl sites for hydroxylation is 1. The first-order valence-corrected chi connectivity index (χ1v) is 9.09. The monoisotopic (exact) mass is 393 g/mol. The standard InChI is InChI=1S/C20H24ClNO5/c1-6-22-12(3)8-15(13(22)4)17(23)11-27-20(24)14-9-16(21)19(26-7-2)18(10-14)25-5/h8-10H,6-7,11H2,1-5H3. The zero-order valence-electron chi connectivity index (χ0n) is 16.2. The Morgan fingerprint density at radius 2 is 1.85 bits per heavy atom. The van der Waals surface area contributed by atoms with Crippen molar-refractivity contribution in [2.24, 2.45) is 0 Å². The first-order valence-electron chi connectivity index (χ1n) is 8.71. The number of aromatic nitrogens is 1. The lowest BCUT2D eigenvalue weighted by molar-refractivity contribution is 0.0474. The number of esters is 1. The molecule has 1 aromatic carbocycles. The van der Waals surface area contributed by atoms with Crippen LogP contribution in [0, 0.1) is 13.8 Å². The summed E-state index contributed by atoms with van der Waals surface area (Å²) in [5.74, 6) is -0.216. The van der Waals surface area contributed by atoms with Crippen molar-refractivity contribution in [3.8, 4) is 11.5 Å². The molecule has 0 fully saturated rings. The SMILES string of the molecule is CCOc1c(Cl)cc(C(=O)OCC(=O)c2cc(C)n(CC)c2C)cc1OC. The molecule has 0 aliphatic carbocycles. The van der Waals surface area contributed by atoms with Crippen LogP contribution >= 0.6 is 11.6 Å². The van der Waals surface area contributed by atoms with Gasteiger partial charge in [-0.3, -0.25) is 4.79 Å². The summed E-state index contributed by atoms with van der Waals surface area (Å²) in [6.45, 7) is 8.48. The summed E-state index contributed by atoms with van der Waals surface area (Å²) in [5.41, 5.74) is 2.60. The van der Waals surface area contributed by atoms with Crippen LogP contribution in [0.4, 0.5) is 0 Å². The number of carbonyl (C=O) groups excluding carboxylic acids is 2. The molecule has 0 N–H and O–H groups in total. The minimum atomic E-state index is -0.657. The summed E-state index contributed by atoms with van der Waals surface area (Å²) < 4.78 is 17.9. The molecule has 0 bridgehead atoms. The predicted octanol–water partition coefficient (Wildman–Crippen LogP) is 4.23. The van der Waals surface area contributed by atoms with Gasteiger partial charge >= 0.3 is 5.97 Å². The molecule has 0 unspecified atom stereocenters. The largest absolute Gasteiger partial charge is 0.493 e. The fourth-order valence-corrected chi connectivity index (χ4v) is 3.25. The van der Waals surface area contributed by atoms with Crippen LogP contribution in [0.25, 0.3) is 0 Å². The van der Waals surface area contributed by atoms with Crippen molar-refractivity contribution in [2.45, 2.75) is 34.2 Å². The highest BCUT2D eigenvalue weighted by Gasteiger charge is 2.20. The molecule has 2 aromatic rings. The van der Waals surface area contributed by atoms with Crippen molar-refractivity contribution in [3.63, 3.8) is 0 Å². The summed E-state index contributed by atoms with van der Waals surface area (Å²) >= 11 is 6.17. The van der Waals surface area contributed by atoms with E-state index in [2.05, 4.69) is 0 Å². The number of hydrogen-bond acceptors (Lipinski definition) is 5. The molecule has 2 rings (SSSR count). The van der Waals surface area contributed by atoms with Crippen molar-refractivity contribution in [1.82, 2.24) is 4.57 Å². The van der Waals surface area contributed by atoms with E-state index in [1.54, 1.807) is 0 Å². The minimum absolute atomic E-state index is 0.187. The first kappa shape index (κ1) is 20.8. The molecule has 0 saturated heterocycles. The maximum absolute atomic E-state index is 12.5. The van der Waals surface area contributed by atoms with Crippen molar-refractivity contribution in [1.29, 1.82) is 0 Å². The van der Waals surface area contributed by atoms with E-state index in [9.17, 15) is 9.59 Å². The van der Waals surface area contributed by atoms with Crippen molar-refractivity contribution < 1.29 is 23.8 Å². The van der Waals surface area contributed by atoms with Crippen LogP contribution in [0.1, 0.15) is 46.0 Å². The molecule has 27 heavy (non-hydrogen) atoms. The lowest BCUT2D eigenvalue weighted by Crippen LogP contribution is -2.15. The predicted molar refractivity (Wildman–Crippen MR) is 103 cm³/mol.